The zero-order valence-electron chi connectivity index (χ0n) is 16.5. The maximum atomic E-state index is 12.7. The Morgan fingerprint density at radius 2 is 2.10 bits per heavy atom. The molecule has 2 heterocycles. The Labute approximate surface area is 172 Å². The molecule has 158 valence electrons. The van der Waals surface area contributed by atoms with Crippen molar-refractivity contribution in [1.29, 1.82) is 0 Å². The average molecular weight is 424 g/mol. The number of hydrogen-bond acceptors (Lipinski definition) is 7. The Kier molecular flexibility index (Phi) is 6.86. The minimum Gasteiger partial charge on any atom is -0.469 e. The van der Waals surface area contributed by atoms with E-state index in [0.717, 1.165) is 18.4 Å². The van der Waals surface area contributed by atoms with Crippen LogP contribution in [0.5, 0.6) is 0 Å². The van der Waals surface area contributed by atoms with Crippen molar-refractivity contribution in [2.24, 2.45) is 0 Å². The number of anilines is 1. The van der Waals surface area contributed by atoms with Gasteiger partial charge in [0.15, 0.2) is 12.6 Å². The maximum Gasteiger partial charge on any atom is 0.341 e. The molecule has 1 aliphatic carbocycles. The lowest BCUT2D eigenvalue weighted by molar-refractivity contribution is -0.909. The fourth-order valence-electron chi connectivity index (χ4n) is 3.48. The van der Waals surface area contributed by atoms with Gasteiger partial charge in [-0.05, 0) is 36.6 Å². The van der Waals surface area contributed by atoms with E-state index in [1.54, 1.807) is 6.92 Å². The van der Waals surface area contributed by atoms with Crippen LogP contribution in [-0.2, 0) is 23.9 Å². The van der Waals surface area contributed by atoms with Crippen molar-refractivity contribution >= 4 is 40.1 Å². The summed E-state index contributed by atoms with van der Waals surface area (Å²) in [6, 6.07) is -0.683. The third-order valence-electron chi connectivity index (χ3n) is 5.11. The molecule has 10 heteroatoms. The van der Waals surface area contributed by atoms with E-state index in [2.05, 4.69) is 15.4 Å². The number of carbonyl (C=O) groups excluding carboxylic acids is 4. The minimum atomic E-state index is -0.683. The van der Waals surface area contributed by atoms with Crippen molar-refractivity contribution in [2.45, 2.75) is 38.1 Å². The van der Waals surface area contributed by atoms with Gasteiger partial charge < -0.3 is 25.0 Å². The lowest BCUT2D eigenvalue weighted by atomic mass is 10.1. The fourth-order valence-corrected chi connectivity index (χ4v) is 4.52. The van der Waals surface area contributed by atoms with Crippen molar-refractivity contribution in [3.05, 3.63) is 16.5 Å². The summed E-state index contributed by atoms with van der Waals surface area (Å²) < 4.78 is 9.84. The molecular weight excluding hydrogens is 398 g/mol. The van der Waals surface area contributed by atoms with E-state index < -0.39 is 18.0 Å². The van der Waals surface area contributed by atoms with Crippen LogP contribution in [0, 0.1) is 0 Å². The number of piperazine rings is 1. The molecule has 2 fully saturated rings. The molecular formula is C19H26N3O6S+. The number of rotatable bonds is 8. The summed E-state index contributed by atoms with van der Waals surface area (Å²) in [6.07, 6.45) is 1.96. The largest absolute Gasteiger partial charge is 0.469 e. The van der Waals surface area contributed by atoms with Gasteiger partial charge in [-0.2, -0.15) is 0 Å². The number of hydrogen-bond donors (Lipinski definition) is 3. The van der Waals surface area contributed by atoms with Crippen molar-refractivity contribution in [3.63, 3.8) is 0 Å². The van der Waals surface area contributed by atoms with E-state index >= 15 is 0 Å². The second-order valence-corrected chi connectivity index (χ2v) is 8.03. The number of thiophene rings is 1. The zero-order valence-corrected chi connectivity index (χ0v) is 17.4. The molecule has 0 spiro atoms. The molecule has 3 rings (SSSR count). The highest BCUT2D eigenvalue weighted by molar-refractivity contribution is 7.15. The van der Waals surface area contributed by atoms with Crippen LogP contribution >= 0.6 is 11.3 Å². The number of amides is 2. The van der Waals surface area contributed by atoms with E-state index in [9.17, 15) is 19.2 Å². The van der Waals surface area contributed by atoms with Crippen molar-refractivity contribution in [1.82, 2.24) is 5.32 Å². The van der Waals surface area contributed by atoms with Gasteiger partial charge in [0.2, 0.25) is 0 Å². The highest BCUT2D eigenvalue weighted by atomic mass is 32.1. The van der Waals surface area contributed by atoms with Crippen molar-refractivity contribution in [2.75, 3.05) is 38.7 Å². The molecule has 1 aromatic rings. The first-order valence-corrected chi connectivity index (χ1v) is 10.6. The zero-order chi connectivity index (χ0) is 21.0. The molecule has 2 aliphatic rings. The molecule has 9 nitrogen and oxygen atoms in total. The van der Waals surface area contributed by atoms with Crippen LogP contribution in [-0.4, -0.2) is 63.1 Å². The van der Waals surface area contributed by atoms with Crippen molar-refractivity contribution in [3.8, 4) is 0 Å². The second-order valence-electron chi connectivity index (χ2n) is 7.15. The van der Waals surface area contributed by atoms with E-state index in [1.807, 2.05) is 5.38 Å². The van der Waals surface area contributed by atoms with E-state index in [0.29, 0.717) is 34.5 Å². The lowest BCUT2D eigenvalue weighted by Gasteiger charge is -2.30. The van der Waals surface area contributed by atoms with Gasteiger partial charge in [-0.25, -0.2) is 4.79 Å². The molecule has 0 aromatic carbocycles. The van der Waals surface area contributed by atoms with Gasteiger partial charge >= 0.3 is 11.9 Å². The molecule has 1 saturated heterocycles. The predicted octanol–water partition coefficient (Wildman–Crippen LogP) is -0.313. The van der Waals surface area contributed by atoms with Crippen LogP contribution in [0.15, 0.2) is 5.38 Å². The molecule has 2 atom stereocenters. The van der Waals surface area contributed by atoms with Crippen LogP contribution in [0.4, 0.5) is 5.00 Å². The summed E-state index contributed by atoms with van der Waals surface area (Å²) in [4.78, 5) is 49.6. The summed E-state index contributed by atoms with van der Waals surface area (Å²) in [5.74, 6) is -1.18. The summed E-state index contributed by atoms with van der Waals surface area (Å²) in [6.45, 7) is 2.95. The first-order chi connectivity index (χ1) is 13.9. The molecule has 29 heavy (non-hydrogen) atoms. The number of ether oxygens (including phenoxy) is 2. The maximum absolute atomic E-state index is 12.7. The SMILES string of the molecule is CCOC(=O)c1c(C2CC2)csc1NC(=O)C[NH+]1CCNC(=O)[C@H]1CC(=O)OC. The average Bonchev–Trinajstić information content (AvgIpc) is 3.45. The molecule has 3 N–H and O–H groups in total. The molecule has 0 bridgehead atoms. The standard InChI is InChI=1S/C19H25N3O6S/c1-3-28-19(26)16-12(11-4-5-11)10-29-18(16)21-14(23)9-22-7-6-20-17(25)13(22)8-15(24)27-2/h10-11,13H,3-9H2,1-2H3,(H,20,25)(H,21,23)/p+1/t13-/m1/s1. The second kappa shape index (κ2) is 9.36. The highest BCUT2D eigenvalue weighted by Gasteiger charge is 2.37. The number of nitrogens with one attached hydrogen (secondary N) is 3. The lowest BCUT2D eigenvalue weighted by Crippen LogP contribution is -3.20. The Hall–Kier alpha value is -2.46. The van der Waals surface area contributed by atoms with Gasteiger partial charge in [0.05, 0.1) is 32.4 Å². The van der Waals surface area contributed by atoms with Crippen LogP contribution in [0.1, 0.15) is 48.0 Å². The Morgan fingerprint density at radius 3 is 2.76 bits per heavy atom. The molecule has 1 aromatic heterocycles. The highest BCUT2D eigenvalue weighted by Crippen LogP contribution is 2.46. The number of methoxy groups -OCH3 is 1. The van der Waals surface area contributed by atoms with Crippen molar-refractivity contribution < 1.29 is 33.6 Å². The quantitative estimate of drug-likeness (QED) is 0.493. The smallest absolute Gasteiger partial charge is 0.341 e. The molecule has 1 unspecified atom stereocenters. The molecule has 1 saturated carbocycles. The van der Waals surface area contributed by atoms with Gasteiger partial charge in [-0.15, -0.1) is 11.3 Å². The van der Waals surface area contributed by atoms with Crippen LogP contribution < -0.4 is 15.5 Å². The van der Waals surface area contributed by atoms with Gasteiger partial charge in [0.25, 0.3) is 11.8 Å². The van der Waals surface area contributed by atoms with Crippen LogP contribution in [0.2, 0.25) is 0 Å². The number of carbonyl (C=O) groups is 4. The Morgan fingerprint density at radius 1 is 1.34 bits per heavy atom. The Bertz CT molecular complexity index is 804. The topological polar surface area (TPSA) is 115 Å². The predicted molar refractivity (Wildman–Crippen MR) is 105 cm³/mol. The van der Waals surface area contributed by atoms with Crippen LogP contribution in [0.3, 0.4) is 0 Å². The molecule has 1 aliphatic heterocycles. The number of quaternary nitrogens is 1. The van der Waals surface area contributed by atoms with Gasteiger partial charge in [-0.1, -0.05) is 0 Å². The summed E-state index contributed by atoms with van der Waals surface area (Å²) >= 11 is 1.31. The van der Waals surface area contributed by atoms with Crippen LogP contribution in [0.25, 0.3) is 0 Å². The minimum absolute atomic E-state index is 0.00794. The first-order valence-electron chi connectivity index (χ1n) is 9.72. The molecule has 0 radical (unpaired) electrons. The normalized spacial score (nSPS) is 21.2. The van der Waals surface area contributed by atoms with E-state index in [1.165, 1.54) is 18.4 Å². The van der Waals surface area contributed by atoms with Gasteiger partial charge in [0.1, 0.15) is 11.4 Å². The number of esters is 2. The third kappa shape index (κ3) is 5.13. The van der Waals surface area contributed by atoms with E-state index in [4.69, 9.17) is 4.74 Å². The fraction of sp³-hybridized carbons (Fsp3) is 0.579. The van der Waals surface area contributed by atoms with Gasteiger partial charge in [0, 0.05) is 0 Å². The summed E-state index contributed by atoms with van der Waals surface area (Å²) in [7, 11) is 1.26. The molecule has 2 amide bonds. The summed E-state index contributed by atoms with van der Waals surface area (Å²) in [5.41, 5.74) is 1.36. The van der Waals surface area contributed by atoms with E-state index in [-0.39, 0.29) is 31.4 Å². The first kappa shape index (κ1) is 21.3. The third-order valence-corrected chi connectivity index (χ3v) is 6.02. The monoisotopic (exact) mass is 424 g/mol. The van der Waals surface area contributed by atoms with Gasteiger partial charge in [-0.3, -0.25) is 14.4 Å². The summed E-state index contributed by atoms with van der Waals surface area (Å²) in [5, 5.41) is 7.91. The Balaban J connectivity index is 1.70.